The highest BCUT2D eigenvalue weighted by Crippen LogP contribution is 2.23. The van der Waals surface area contributed by atoms with Crippen LogP contribution in [0.3, 0.4) is 0 Å². The zero-order valence-corrected chi connectivity index (χ0v) is 11.9. The van der Waals surface area contributed by atoms with E-state index in [0.29, 0.717) is 12.2 Å². The number of hydrogen-bond acceptors (Lipinski definition) is 6. The molecule has 0 bridgehead atoms. The van der Waals surface area contributed by atoms with Crippen molar-refractivity contribution < 1.29 is 13.6 Å². The Morgan fingerprint density at radius 1 is 1.63 bits per heavy atom. The molecule has 8 heteroatoms. The first kappa shape index (κ1) is 15.2. The minimum absolute atomic E-state index is 0.0798. The topological polar surface area (TPSA) is 109 Å². The van der Waals surface area contributed by atoms with Crippen molar-refractivity contribution in [1.29, 1.82) is 0 Å². The van der Waals surface area contributed by atoms with Crippen molar-refractivity contribution in [3.05, 3.63) is 18.3 Å². The quantitative estimate of drug-likeness (QED) is 0.352. The smallest absolute Gasteiger partial charge is 0.179 e. The van der Waals surface area contributed by atoms with E-state index in [-0.39, 0.29) is 16.8 Å². The highest BCUT2D eigenvalue weighted by molar-refractivity contribution is 7.90. The number of oxime groups is 1. The van der Waals surface area contributed by atoms with E-state index in [1.165, 1.54) is 12.3 Å². The lowest BCUT2D eigenvalue weighted by Crippen LogP contribution is -2.34. The van der Waals surface area contributed by atoms with Gasteiger partial charge in [0.25, 0.3) is 0 Å². The average molecular weight is 286 g/mol. The van der Waals surface area contributed by atoms with Gasteiger partial charge < -0.3 is 15.8 Å². The van der Waals surface area contributed by atoms with Crippen molar-refractivity contribution in [2.24, 2.45) is 10.9 Å². The molecule has 1 unspecified atom stereocenters. The van der Waals surface area contributed by atoms with E-state index in [1.807, 2.05) is 6.92 Å². The lowest BCUT2D eigenvalue weighted by atomic mass is 10.2. The zero-order valence-electron chi connectivity index (χ0n) is 11.1. The molecule has 0 saturated carbocycles. The molecular formula is C11H18N4O3S. The van der Waals surface area contributed by atoms with Gasteiger partial charge in [-0.25, -0.2) is 13.4 Å². The van der Waals surface area contributed by atoms with Gasteiger partial charge >= 0.3 is 0 Å². The number of aromatic nitrogens is 1. The summed E-state index contributed by atoms with van der Waals surface area (Å²) < 4.78 is 23.4. The van der Waals surface area contributed by atoms with Gasteiger partial charge in [-0.2, -0.15) is 0 Å². The molecule has 0 aliphatic rings. The SMILES string of the molecule is CC(C/C(N)=N/O)N(C)c1ncccc1S(C)(=O)=O. The van der Waals surface area contributed by atoms with Gasteiger partial charge in [-0.05, 0) is 19.1 Å². The Labute approximate surface area is 112 Å². The van der Waals surface area contributed by atoms with Gasteiger partial charge in [-0.1, -0.05) is 5.16 Å². The lowest BCUT2D eigenvalue weighted by molar-refractivity contribution is 0.316. The molecule has 0 spiro atoms. The summed E-state index contributed by atoms with van der Waals surface area (Å²) in [6, 6.07) is 2.91. The molecule has 0 aromatic carbocycles. The summed E-state index contributed by atoms with van der Waals surface area (Å²) in [6.07, 6.45) is 2.96. The number of pyridine rings is 1. The first-order valence-corrected chi connectivity index (χ1v) is 7.50. The zero-order chi connectivity index (χ0) is 14.6. The molecule has 19 heavy (non-hydrogen) atoms. The fraction of sp³-hybridized carbons (Fsp3) is 0.455. The highest BCUT2D eigenvalue weighted by atomic mass is 32.2. The van der Waals surface area contributed by atoms with Crippen molar-refractivity contribution in [2.45, 2.75) is 24.3 Å². The van der Waals surface area contributed by atoms with E-state index >= 15 is 0 Å². The van der Waals surface area contributed by atoms with Gasteiger partial charge in [-0.3, -0.25) is 0 Å². The predicted octanol–water partition coefficient (Wildman–Crippen LogP) is 0.446. The third kappa shape index (κ3) is 3.82. The Morgan fingerprint density at radius 2 is 2.26 bits per heavy atom. The number of rotatable bonds is 5. The number of nitrogens with two attached hydrogens (primary N) is 1. The van der Waals surface area contributed by atoms with Gasteiger partial charge in [0, 0.05) is 32.0 Å². The second kappa shape index (κ2) is 5.87. The third-order valence-electron chi connectivity index (χ3n) is 2.78. The summed E-state index contributed by atoms with van der Waals surface area (Å²) >= 11 is 0. The molecule has 1 aromatic heterocycles. The summed E-state index contributed by atoms with van der Waals surface area (Å²) in [5.74, 6) is 0.430. The van der Waals surface area contributed by atoms with Crippen LogP contribution in [0.4, 0.5) is 5.82 Å². The molecule has 7 nitrogen and oxygen atoms in total. The van der Waals surface area contributed by atoms with Crippen molar-refractivity contribution >= 4 is 21.5 Å². The Hall–Kier alpha value is -1.83. The van der Waals surface area contributed by atoms with Crippen LogP contribution in [-0.4, -0.2) is 43.8 Å². The Morgan fingerprint density at radius 3 is 2.79 bits per heavy atom. The maximum Gasteiger partial charge on any atom is 0.179 e. The summed E-state index contributed by atoms with van der Waals surface area (Å²) in [7, 11) is -1.65. The summed E-state index contributed by atoms with van der Waals surface area (Å²) in [5.41, 5.74) is 5.45. The van der Waals surface area contributed by atoms with Crippen molar-refractivity contribution in [2.75, 3.05) is 18.2 Å². The van der Waals surface area contributed by atoms with E-state index in [4.69, 9.17) is 10.9 Å². The van der Waals surface area contributed by atoms with Crippen LogP contribution < -0.4 is 10.6 Å². The first-order valence-electron chi connectivity index (χ1n) is 5.61. The second-order valence-corrected chi connectivity index (χ2v) is 6.34. The number of anilines is 1. The molecule has 0 amide bonds. The molecular weight excluding hydrogens is 268 g/mol. The number of hydrogen-bond donors (Lipinski definition) is 2. The Balaban J connectivity index is 3.10. The molecule has 0 saturated heterocycles. The summed E-state index contributed by atoms with van der Waals surface area (Å²) in [5, 5.41) is 11.5. The lowest BCUT2D eigenvalue weighted by Gasteiger charge is -2.26. The van der Waals surface area contributed by atoms with Crippen LogP contribution in [0.1, 0.15) is 13.3 Å². The van der Waals surface area contributed by atoms with Crippen molar-refractivity contribution in [3.8, 4) is 0 Å². The second-order valence-electron chi connectivity index (χ2n) is 4.35. The molecule has 1 heterocycles. The summed E-state index contributed by atoms with van der Waals surface area (Å²) in [6.45, 7) is 1.83. The molecule has 1 aromatic rings. The normalized spacial score (nSPS) is 14.2. The molecule has 0 aliphatic carbocycles. The van der Waals surface area contributed by atoms with E-state index in [9.17, 15) is 8.42 Å². The number of amidine groups is 1. The molecule has 1 rings (SSSR count). The Bertz CT molecular complexity index is 571. The first-order chi connectivity index (χ1) is 8.77. The van der Waals surface area contributed by atoms with Crippen LogP contribution in [0, 0.1) is 0 Å². The third-order valence-corrected chi connectivity index (χ3v) is 3.90. The predicted molar refractivity (Wildman–Crippen MR) is 73.2 cm³/mol. The maximum atomic E-state index is 11.7. The largest absolute Gasteiger partial charge is 0.409 e. The molecule has 0 radical (unpaired) electrons. The fourth-order valence-corrected chi connectivity index (χ4v) is 2.48. The minimum atomic E-state index is -3.36. The van der Waals surface area contributed by atoms with Crippen LogP contribution in [0.2, 0.25) is 0 Å². The van der Waals surface area contributed by atoms with Crippen LogP contribution in [0.15, 0.2) is 28.4 Å². The average Bonchev–Trinajstić information content (AvgIpc) is 2.36. The molecule has 106 valence electrons. The maximum absolute atomic E-state index is 11.7. The highest BCUT2D eigenvalue weighted by Gasteiger charge is 2.20. The minimum Gasteiger partial charge on any atom is -0.409 e. The van der Waals surface area contributed by atoms with Crippen LogP contribution in [0.25, 0.3) is 0 Å². The number of sulfone groups is 1. The van der Waals surface area contributed by atoms with Crippen molar-refractivity contribution in [3.63, 3.8) is 0 Å². The molecule has 1 atom stereocenters. The summed E-state index contributed by atoms with van der Waals surface area (Å²) in [4.78, 5) is 5.95. The fourth-order valence-electron chi connectivity index (χ4n) is 1.63. The van der Waals surface area contributed by atoms with Gasteiger partial charge in [-0.15, -0.1) is 0 Å². The van der Waals surface area contributed by atoms with Gasteiger partial charge in [0.15, 0.2) is 9.84 Å². The van der Waals surface area contributed by atoms with Gasteiger partial charge in [0.2, 0.25) is 0 Å². The standard InChI is InChI=1S/C11H18N4O3S/c1-8(7-10(12)14-16)15(2)11-9(19(3,17)18)5-4-6-13-11/h4-6,8,16H,7H2,1-3H3,(H2,12,14). The van der Waals surface area contributed by atoms with E-state index in [1.54, 1.807) is 18.0 Å². The van der Waals surface area contributed by atoms with Crippen LogP contribution in [0.5, 0.6) is 0 Å². The molecule has 0 aliphatic heterocycles. The van der Waals surface area contributed by atoms with Crippen LogP contribution >= 0.6 is 0 Å². The molecule has 0 fully saturated rings. The van der Waals surface area contributed by atoms with E-state index in [2.05, 4.69) is 10.1 Å². The van der Waals surface area contributed by atoms with Crippen LogP contribution in [-0.2, 0) is 9.84 Å². The van der Waals surface area contributed by atoms with Crippen molar-refractivity contribution in [1.82, 2.24) is 4.98 Å². The van der Waals surface area contributed by atoms with Gasteiger partial charge in [0.05, 0.1) is 0 Å². The van der Waals surface area contributed by atoms with E-state index in [0.717, 1.165) is 6.26 Å². The molecule has 3 N–H and O–H groups in total. The van der Waals surface area contributed by atoms with E-state index < -0.39 is 9.84 Å². The Kier molecular flexibility index (Phi) is 4.71. The monoisotopic (exact) mass is 286 g/mol. The van der Waals surface area contributed by atoms with Gasteiger partial charge in [0.1, 0.15) is 16.5 Å². The number of nitrogens with zero attached hydrogens (tertiary/aromatic N) is 3.